The van der Waals surface area contributed by atoms with Crippen LogP contribution in [0.15, 0.2) is 0 Å². The predicted octanol–water partition coefficient (Wildman–Crippen LogP) is 2.27. The van der Waals surface area contributed by atoms with Gasteiger partial charge in [-0.25, -0.2) is 0 Å². The quantitative estimate of drug-likeness (QED) is 0.553. The van der Waals surface area contributed by atoms with Gasteiger partial charge in [0.1, 0.15) is 0 Å². The molecule has 0 aromatic heterocycles. The van der Waals surface area contributed by atoms with Gasteiger partial charge in [-0.15, -0.1) is 0 Å². The summed E-state index contributed by atoms with van der Waals surface area (Å²) in [4.78, 5) is 0. The van der Waals surface area contributed by atoms with Gasteiger partial charge in [0.15, 0.2) is 0 Å². The minimum atomic E-state index is 0.267. The molecule has 3 heteroatoms. The maximum atomic E-state index is 9.03. The first-order valence-corrected chi connectivity index (χ1v) is 6.92. The molecule has 0 saturated carbocycles. The summed E-state index contributed by atoms with van der Waals surface area (Å²) in [6.07, 6.45) is 5.08. The average molecular weight is 219 g/mol. The Balaban J connectivity index is 3.15. The number of aliphatic hydroxyl groups is 1. The summed E-state index contributed by atoms with van der Waals surface area (Å²) >= 11 is 2.01. The van der Waals surface area contributed by atoms with E-state index in [1.54, 1.807) is 0 Å². The van der Waals surface area contributed by atoms with E-state index >= 15 is 0 Å². The van der Waals surface area contributed by atoms with Crippen molar-refractivity contribution in [2.24, 2.45) is 0 Å². The molecule has 0 radical (unpaired) electrons. The summed E-state index contributed by atoms with van der Waals surface area (Å²) in [5.41, 5.74) is 0. The Morgan fingerprint density at radius 3 is 2.57 bits per heavy atom. The highest BCUT2D eigenvalue weighted by atomic mass is 32.2. The molecular weight excluding hydrogens is 194 g/mol. The van der Waals surface area contributed by atoms with Crippen LogP contribution in [0.5, 0.6) is 0 Å². The number of unbranched alkanes of at least 4 members (excludes halogenated alkanes) is 2. The maximum absolute atomic E-state index is 9.03. The standard InChI is InChI=1S/C11H25NOS/c1-3-5-6-8-14-9-7-11(10-13)12-4-2/h11-13H,3-10H2,1-2H3. The molecule has 0 aliphatic heterocycles. The van der Waals surface area contributed by atoms with Crippen LogP contribution in [0.4, 0.5) is 0 Å². The van der Waals surface area contributed by atoms with Gasteiger partial charge >= 0.3 is 0 Å². The van der Waals surface area contributed by atoms with E-state index in [1.807, 2.05) is 11.8 Å². The zero-order valence-corrected chi connectivity index (χ0v) is 10.4. The first-order chi connectivity index (χ1) is 6.85. The van der Waals surface area contributed by atoms with Crippen molar-refractivity contribution in [2.75, 3.05) is 24.7 Å². The fourth-order valence-corrected chi connectivity index (χ4v) is 2.39. The molecule has 0 amide bonds. The zero-order chi connectivity index (χ0) is 10.6. The van der Waals surface area contributed by atoms with E-state index in [4.69, 9.17) is 5.11 Å². The molecule has 2 N–H and O–H groups in total. The van der Waals surface area contributed by atoms with Crippen LogP contribution in [0.2, 0.25) is 0 Å². The number of rotatable bonds is 10. The zero-order valence-electron chi connectivity index (χ0n) is 9.59. The summed E-state index contributed by atoms with van der Waals surface area (Å²) < 4.78 is 0. The van der Waals surface area contributed by atoms with Crippen LogP contribution in [-0.4, -0.2) is 35.8 Å². The molecular formula is C11H25NOS. The van der Waals surface area contributed by atoms with Crippen LogP contribution in [-0.2, 0) is 0 Å². The number of aliphatic hydroxyl groups excluding tert-OH is 1. The van der Waals surface area contributed by atoms with Gasteiger partial charge in [0, 0.05) is 6.04 Å². The second kappa shape index (κ2) is 11.3. The second-order valence-electron chi connectivity index (χ2n) is 3.55. The van der Waals surface area contributed by atoms with Crippen molar-refractivity contribution in [3.8, 4) is 0 Å². The van der Waals surface area contributed by atoms with Crippen LogP contribution in [0.25, 0.3) is 0 Å². The summed E-state index contributed by atoms with van der Waals surface area (Å²) in [5, 5.41) is 12.3. The number of likely N-dealkylation sites (N-methyl/N-ethyl adjacent to an activating group) is 1. The van der Waals surface area contributed by atoms with Crippen molar-refractivity contribution >= 4 is 11.8 Å². The molecule has 2 nitrogen and oxygen atoms in total. The normalized spacial score (nSPS) is 13.1. The van der Waals surface area contributed by atoms with Crippen LogP contribution in [0, 0.1) is 0 Å². The summed E-state index contributed by atoms with van der Waals surface area (Å²) in [5.74, 6) is 2.44. The van der Waals surface area contributed by atoms with Crippen molar-refractivity contribution in [3.63, 3.8) is 0 Å². The third-order valence-corrected chi connectivity index (χ3v) is 3.32. The summed E-state index contributed by atoms with van der Waals surface area (Å²) in [6.45, 7) is 5.53. The van der Waals surface area contributed by atoms with E-state index in [0.29, 0.717) is 6.04 Å². The monoisotopic (exact) mass is 219 g/mol. The molecule has 1 atom stereocenters. The summed E-state index contributed by atoms with van der Waals surface area (Å²) in [6, 6.07) is 0.304. The molecule has 0 aromatic carbocycles. The number of hydrogen-bond acceptors (Lipinski definition) is 3. The lowest BCUT2D eigenvalue weighted by atomic mass is 10.2. The Hall–Kier alpha value is 0.270. The van der Waals surface area contributed by atoms with Gasteiger partial charge in [-0.05, 0) is 30.9 Å². The van der Waals surface area contributed by atoms with E-state index < -0.39 is 0 Å². The molecule has 0 fully saturated rings. The molecule has 0 aromatic rings. The first-order valence-electron chi connectivity index (χ1n) is 5.77. The first kappa shape index (κ1) is 14.3. The Kier molecular flexibility index (Phi) is 11.6. The smallest absolute Gasteiger partial charge is 0.0584 e. The number of thioether (sulfide) groups is 1. The highest BCUT2D eigenvalue weighted by Gasteiger charge is 2.04. The molecule has 0 saturated heterocycles. The van der Waals surface area contributed by atoms with Crippen LogP contribution < -0.4 is 5.32 Å². The van der Waals surface area contributed by atoms with Crippen molar-refractivity contribution < 1.29 is 5.11 Å². The number of nitrogens with one attached hydrogen (secondary N) is 1. The van der Waals surface area contributed by atoms with Gasteiger partial charge in [0.25, 0.3) is 0 Å². The third kappa shape index (κ3) is 8.85. The van der Waals surface area contributed by atoms with Gasteiger partial charge in [0.2, 0.25) is 0 Å². The van der Waals surface area contributed by atoms with E-state index in [2.05, 4.69) is 19.2 Å². The fourth-order valence-electron chi connectivity index (χ4n) is 1.33. The fraction of sp³-hybridized carbons (Fsp3) is 1.00. The van der Waals surface area contributed by atoms with E-state index in [1.165, 1.54) is 30.8 Å². The van der Waals surface area contributed by atoms with Crippen molar-refractivity contribution in [1.29, 1.82) is 0 Å². The Morgan fingerprint density at radius 1 is 1.21 bits per heavy atom. The van der Waals surface area contributed by atoms with Crippen molar-refractivity contribution in [1.82, 2.24) is 5.32 Å². The highest BCUT2D eigenvalue weighted by Crippen LogP contribution is 2.08. The Morgan fingerprint density at radius 2 is 2.00 bits per heavy atom. The van der Waals surface area contributed by atoms with Gasteiger partial charge in [0.05, 0.1) is 6.61 Å². The lowest BCUT2D eigenvalue weighted by Gasteiger charge is -2.14. The van der Waals surface area contributed by atoms with Crippen LogP contribution in [0.3, 0.4) is 0 Å². The molecule has 0 bridgehead atoms. The van der Waals surface area contributed by atoms with Crippen LogP contribution >= 0.6 is 11.8 Å². The molecule has 0 aliphatic carbocycles. The molecule has 14 heavy (non-hydrogen) atoms. The van der Waals surface area contributed by atoms with Gasteiger partial charge < -0.3 is 10.4 Å². The highest BCUT2D eigenvalue weighted by molar-refractivity contribution is 7.99. The predicted molar refractivity (Wildman–Crippen MR) is 66.0 cm³/mol. The van der Waals surface area contributed by atoms with E-state index in [9.17, 15) is 0 Å². The van der Waals surface area contributed by atoms with Crippen molar-refractivity contribution in [3.05, 3.63) is 0 Å². The minimum absolute atomic E-state index is 0.267. The Bertz CT molecular complexity index is 111. The molecule has 86 valence electrons. The maximum Gasteiger partial charge on any atom is 0.0584 e. The van der Waals surface area contributed by atoms with Gasteiger partial charge in [-0.2, -0.15) is 11.8 Å². The largest absolute Gasteiger partial charge is 0.395 e. The van der Waals surface area contributed by atoms with Crippen LogP contribution in [0.1, 0.15) is 39.5 Å². The lowest BCUT2D eigenvalue weighted by molar-refractivity contribution is 0.242. The molecule has 1 unspecified atom stereocenters. The molecule has 0 aliphatic rings. The minimum Gasteiger partial charge on any atom is -0.395 e. The average Bonchev–Trinajstić information content (AvgIpc) is 2.21. The Labute approximate surface area is 92.9 Å². The topological polar surface area (TPSA) is 32.3 Å². The van der Waals surface area contributed by atoms with Gasteiger partial charge in [-0.1, -0.05) is 26.7 Å². The molecule has 0 spiro atoms. The second-order valence-corrected chi connectivity index (χ2v) is 4.77. The SMILES string of the molecule is CCCCCSCCC(CO)NCC. The molecule has 0 rings (SSSR count). The lowest BCUT2D eigenvalue weighted by Crippen LogP contribution is -2.32. The van der Waals surface area contributed by atoms with E-state index in [0.717, 1.165) is 13.0 Å². The summed E-state index contributed by atoms with van der Waals surface area (Å²) in [7, 11) is 0. The van der Waals surface area contributed by atoms with Gasteiger partial charge in [-0.3, -0.25) is 0 Å². The number of hydrogen-bond donors (Lipinski definition) is 2. The van der Waals surface area contributed by atoms with Crippen molar-refractivity contribution in [2.45, 2.75) is 45.6 Å². The molecule has 0 heterocycles. The van der Waals surface area contributed by atoms with E-state index in [-0.39, 0.29) is 6.61 Å². The third-order valence-electron chi connectivity index (χ3n) is 2.22.